The van der Waals surface area contributed by atoms with E-state index >= 15 is 0 Å². The Kier molecular flexibility index (Phi) is 18.5. The molecule has 0 amide bonds. The van der Waals surface area contributed by atoms with Crippen LogP contribution in [-0.4, -0.2) is 23.1 Å². The van der Waals surface area contributed by atoms with Gasteiger partial charge >= 0.3 is 0 Å². The van der Waals surface area contributed by atoms with Gasteiger partial charge in [-0.3, -0.25) is 19.2 Å². The molecule has 0 aromatic rings. The van der Waals surface area contributed by atoms with Crippen molar-refractivity contribution in [2.75, 3.05) is 0 Å². The van der Waals surface area contributed by atoms with Crippen molar-refractivity contribution in [3.63, 3.8) is 0 Å². The first kappa shape index (κ1) is 40.7. The van der Waals surface area contributed by atoms with Gasteiger partial charge in [-0.05, 0) is 98.7 Å². The van der Waals surface area contributed by atoms with Crippen LogP contribution in [0.4, 0.5) is 0 Å². The van der Waals surface area contributed by atoms with Crippen LogP contribution in [0, 0.1) is 71.0 Å². The Morgan fingerprint density at radius 2 is 0.500 bits per heavy atom. The zero-order valence-corrected chi connectivity index (χ0v) is 31.0. The molecule has 4 saturated carbocycles. The predicted molar refractivity (Wildman–Crippen MR) is 185 cm³/mol. The molecular formula is C40H72O4. The standard InChI is InChI=1S/4C10H18O/c4*1-7(2)9-5-4-8(3)6-10(9)11/h4*7-9H,4-6H2,1-3H3/t2*8-,9+;2*8-,9-/m1010/s1. The van der Waals surface area contributed by atoms with Gasteiger partial charge in [0.15, 0.2) is 0 Å². The van der Waals surface area contributed by atoms with E-state index in [-0.39, 0.29) is 0 Å². The monoisotopic (exact) mass is 617 g/mol. The second-order valence-corrected chi connectivity index (χ2v) is 16.8. The predicted octanol–water partition coefficient (Wildman–Crippen LogP) is 10.6. The highest BCUT2D eigenvalue weighted by Crippen LogP contribution is 2.32. The summed E-state index contributed by atoms with van der Waals surface area (Å²) in [6, 6.07) is 0. The van der Waals surface area contributed by atoms with E-state index in [0.717, 1.165) is 51.4 Å². The molecule has 0 heterocycles. The molecule has 0 N–H and O–H groups in total. The van der Waals surface area contributed by atoms with Crippen molar-refractivity contribution in [2.24, 2.45) is 71.0 Å². The Morgan fingerprint density at radius 3 is 0.614 bits per heavy atom. The highest BCUT2D eigenvalue weighted by Gasteiger charge is 2.30. The Balaban J connectivity index is 0.000000293. The van der Waals surface area contributed by atoms with E-state index in [1.807, 2.05) is 0 Å². The van der Waals surface area contributed by atoms with Gasteiger partial charge in [0.25, 0.3) is 0 Å². The van der Waals surface area contributed by atoms with E-state index in [0.29, 0.717) is 94.1 Å². The van der Waals surface area contributed by atoms with Crippen molar-refractivity contribution in [1.82, 2.24) is 0 Å². The van der Waals surface area contributed by atoms with Crippen molar-refractivity contribution in [2.45, 2.75) is 160 Å². The topological polar surface area (TPSA) is 68.3 Å². The van der Waals surface area contributed by atoms with Crippen LogP contribution in [0.25, 0.3) is 0 Å². The lowest BCUT2D eigenvalue weighted by molar-refractivity contribution is -0.128. The first-order valence-corrected chi connectivity index (χ1v) is 18.5. The van der Waals surface area contributed by atoms with Gasteiger partial charge in [-0.15, -0.1) is 0 Å². The van der Waals surface area contributed by atoms with Gasteiger partial charge in [0.1, 0.15) is 23.1 Å². The molecule has 4 rings (SSSR count). The van der Waals surface area contributed by atoms with Gasteiger partial charge in [-0.1, -0.05) is 83.1 Å². The molecule has 4 heteroatoms. The number of hydrogen-bond acceptors (Lipinski definition) is 4. The summed E-state index contributed by atoms with van der Waals surface area (Å²) in [5.41, 5.74) is 0. The summed E-state index contributed by atoms with van der Waals surface area (Å²) in [5.74, 6) is 8.21. The highest BCUT2D eigenvalue weighted by molar-refractivity contribution is 5.83. The molecule has 4 nitrogen and oxygen atoms in total. The minimum Gasteiger partial charge on any atom is -0.299 e. The summed E-state index contributed by atoms with van der Waals surface area (Å²) in [7, 11) is 0. The molecule has 256 valence electrons. The summed E-state index contributed by atoms with van der Waals surface area (Å²) in [6.07, 6.45) is 12.8. The second-order valence-electron chi connectivity index (χ2n) is 16.8. The van der Waals surface area contributed by atoms with Crippen LogP contribution in [0.1, 0.15) is 160 Å². The Bertz CT molecular complexity index is 740. The molecule has 8 atom stereocenters. The van der Waals surface area contributed by atoms with Crippen LogP contribution < -0.4 is 0 Å². The van der Waals surface area contributed by atoms with E-state index in [1.54, 1.807) is 0 Å². The number of ketones is 4. The molecule has 0 saturated heterocycles. The number of Topliss-reactive ketones (excluding diaryl/α,β-unsaturated/α-hetero) is 4. The van der Waals surface area contributed by atoms with Gasteiger partial charge in [0.05, 0.1) is 0 Å². The van der Waals surface area contributed by atoms with Crippen LogP contribution in [0.15, 0.2) is 0 Å². The number of hydrogen-bond donors (Lipinski definition) is 0. The van der Waals surface area contributed by atoms with Crippen molar-refractivity contribution in [1.29, 1.82) is 0 Å². The van der Waals surface area contributed by atoms with Gasteiger partial charge < -0.3 is 0 Å². The highest BCUT2D eigenvalue weighted by atomic mass is 16.1. The third-order valence-corrected chi connectivity index (χ3v) is 11.0. The largest absolute Gasteiger partial charge is 0.299 e. The zero-order chi connectivity index (χ0) is 33.7. The molecule has 4 aliphatic carbocycles. The van der Waals surface area contributed by atoms with Crippen LogP contribution >= 0.6 is 0 Å². The lowest BCUT2D eigenvalue weighted by atomic mass is 9.77. The van der Waals surface area contributed by atoms with E-state index < -0.39 is 0 Å². The summed E-state index contributed by atoms with van der Waals surface area (Å²) in [6.45, 7) is 25.9. The second kappa shape index (κ2) is 20.0. The maximum absolute atomic E-state index is 11.4. The summed E-state index contributed by atoms with van der Waals surface area (Å²) in [5, 5.41) is 0. The fourth-order valence-electron chi connectivity index (χ4n) is 7.71. The third-order valence-electron chi connectivity index (χ3n) is 11.0. The third kappa shape index (κ3) is 14.4. The Hall–Kier alpha value is -1.32. The molecule has 44 heavy (non-hydrogen) atoms. The molecule has 0 aromatic carbocycles. The number of rotatable bonds is 4. The summed E-state index contributed by atoms with van der Waals surface area (Å²) < 4.78 is 0. The van der Waals surface area contributed by atoms with Gasteiger partial charge in [0, 0.05) is 49.4 Å². The molecule has 4 aliphatic rings. The smallest absolute Gasteiger partial charge is 0.136 e. The van der Waals surface area contributed by atoms with E-state index in [4.69, 9.17) is 0 Å². The average Bonchev–Trinajstić information content (AvgIpc) is 2.89. The van der Waals surface area contributed by atoms with Crippen LogP contribution in [0.2, 0.25) is 0 Å². The maximum atomic E-state index is 11.4. The molecule has 0 aliphatic heterocycles. The van der Waals surface area contributed by atoms with E-state index in [9.17, 15) is 19.2 Å². The van der Waals surface area contributed by atoms with E-state index in [2.05, 4.69) is 83.1 Å². The fraction of sp³-hybridized carbons (Fsp3) is 0.900. The van der Waals surface area contributed by atoms with Crippen molar-refractivity contribution in [3.05, 3.63) is 0 Å². The lowest BCUT2D eigenvalue weighted by Crippen LogP contribution is -2.27. The Morgan fingerprint density at radius 1 is 0.341 bits per heavy atom. The van der Waals surface area contributed by atoms with Gasteiger partial charge in [0.2, 0.25) is 0 Å². The molecule has 0 radical (unpaired) electrons. The molecule has 4 fully saturated rings. The minimum absolute atomic E-state index is 0.367. The van der Waals surface area contributed by atoms with Crippen LogP contribution in [0.3, 0.4) is 0 Å². The molecule has 0 aromatic heterocycles. The van der Waals surface area contributed by atoms with Crippen LogP contribution in [-0.2, 0) is 19.2 Å². The zero-order valence-electron chi connectivity index (χ0n) is 31.0. The minimum atomic E-state index is 0.367. The first-order valence-electron chi connectivity index (χ1n) is 18.5. The summed E-state index contributed by atoms with van der Waals surface area (Å²) >= 11 is 0. The average molecular weight is 617 g/mol. The quantitative estimate of drug-likeness (QED) is 0.315. The normalized spacial score (nSPS) is 32.9. The summed E-state index contributed by atoms with van der Waals surface area (Å²) in [4.78, 5) is 45.8. The van der Waals surface area contributed by atoms with Gasteiger partial charge in [-0.2, -0.15) is 0 Å². The number of carbonyl (C=O) groups is 4. The Labute approximate surface area is 273 Å². The lowest BCUT2D eigenvalue weighted by Gasteiger charge is -2.27. The number of carbonyl (C=O) groups excluding carboxylic acids is 4. The van der Waals surface area contributed by atoms with Crippen molar-refractivity contribution in [3.8, 4) is 0 Å². The van der Waals surface area contributed by atoms with Crippen molar-refractivity contribution < 1.29 is 19.2 Å². The fourth-order valence-corrected chi connectivity index (χ4v) is 7.71. The molecular weight excluding hydrogens is 544 g/mol. The first-order chi connectivity index (χ1) is 20.4. The maximum Gasteiger partial charge on any atom is 0.136 e. The van der Waals surface area contributed by atoms with Gasteiger partial charge in [-0.25, -0.2) is 0 Å². The SMILES string of the molecule is CC(C)[C@@H]1CC[C@@H](C)CC1=O.CC(C)[C@@H]1CC[C@H](C)CC1=O.CC(C)[C@H]1CC[C@@H](C)CC1=O.CC(C)[C@H]1CC[C@H](C)CC1=O. The van der Waals surface area contributed by atoms with Crippen LogP contribution in [0.5, 0.6) is 0 Å². The molecule has 0 spiro atoms. The van der Waals surface area contributed by atoms with E-state index in [1.165, 1.54) is 25.7 Å². The molecule has 0 unspecified atom stereocenters. The molecule has 0 bridgehead atoms. The van der Waals surface area contributed by atoms with Crippen molar-refractivity contribution >= 4 is 23.1 Å².